The van der Waals surface area contributed by atoms with Gasteiger partial charge in [0.1, 0.15) is 23.4 Å². The molecule has 0 aromatic heterocycles. The fourth-order valence-corrected chi connectivity index (χ4v) is 4.96. The van der Waals surface area contributed by atoms with Gasteiger partial charge in [-0.3, -0.25) is 9.79 Å². The second-order valence-corrected chi connectivity index (χ2v) is 9.07. The maximum atomic E-state index is 12.9. The normalized spacial score (nSPS) is 22.0. The van der Waals surface area contributed by atoms with E-state index in [0.29, 0.717) is 48.1 Å². The molecule has 3 heterocycles. The number of ether oxygens (including phenoxy) is 3. The number of nitrogens with zero attached hydrogens (tertiary/aromatic N) is 3. The molecule has 38 heavy (non-hydrogen) atoms. The van der Waals surface area contributed by atoms with Crippen LogP contribution in [0.2, 0.25) is 0 Å². The SMILES string of the molecule is COC(=O)c1ccc(C2=NC(C3CCCNC3=O)=C3C=NC=C[N+]23NCc2ccc(OC)cc2OC)cc1. The van der Waals surface area contributed by atoms with E-state index in [4.69, 9.17) is 19.2 Å². The first-order valence-corrected chi connectivity index (χ1v) is 12.4. The molecule has 10 nitrogen and oxygen atoms in total. The monoisotopic (exact) mass is 516 g/mol. The number of esters is 1. The van der Waals surface area contributed by atoms with Gasteiger partial charge in [0.05, 0.1) is 57.3 Å². The molecule has 3 aliphatic heterocycles. The van der Waals surface area contributed by atoms with Crippen LogP contribution in [0.15, 0.2) is 76.2 Å². The van der Waals surface area contributed by atoms with Gasteiger partial charge in [-0.05, 0) is 43.2 Å². The minimum Gasteiger partial charge on any atom is -0.497 e. The van der Waals surface area contributed by atoms with Crippen molar-refractivity contribution in [2.75, 3.05) is 27.9 Å². The van der Waals surface area contributed by atoms with Gasteiger partial charge in [0, 0.05) is 18.2 Å². The highest BCUT2D eigenvalue weighted by atomic mass is 16.5. The van der Waals surface area contributed by atoms with Crippen molar-refractivity contribution in [3.63, 3.8) is 0 Å². The van der Waals surface area contributed by atoms with Crippen LogP contribution in [0.5, 0.6) is 11.5 Å². The summed E-state index contributed by atoms with van der Waals surface area (Å²) >= 11 is 0. The summed E-state index contributed by atoms with van der Waals surface area (Å²) < 4.78 is 15.9. The quantitative estimate of drug-likeness (QED) is 0.412. The highest BCUT2D eigenvalue weighted by molar-refractivity contribution is 6.02. The molecular formula is C28H30N5O5+. The summed E-state index contributed by atoms with van der Waals surface area (Å²) in [6.07, 6.45) is 6.95. The van der Waals surface area contributed by atoms with Gasteiger partial charge in [0.2, 0.25) is 11.6 Å². The van der Waals surface area contributed by atoms with E-state index in [1.54, 1.807) is 38.8 Å². The lowest BCUT2D eigenvalue weighted by atomic mass is 9.94. The third kappa shape index (κ3) is 4.48. The number of hydrogen-bond donors (Lipinski definition) is 2. The molecule has 0 aliphatic carbocycles. The van der Waals surface area contributed by atoms with E-state index >= 15 is 0 Å². The number of benzene rings is 2. The lowest BCUT2D eigenvalue weighted by Gasteiger charge is -2.33. The van der Waals surface area contributed by atoms with E-state index in [2.05, 4.69) is 15.7 Å². The van der Waals surface area contributed by atoms with Crippen LogP contribution in [0.1, 0.15) is 34.3 Å². The molecule has 3 aliphatic rings. The summed E-state index contributed by atoms with van der Waals surface area (Å²) in [4.78, 5) is 34.4. The number of hydrogen-bond acceptors (Lipinski definition) is 8. The summed E-state index contributed by atoms with van der Waals surface area (Å²) in [5.74, 6) is 1.20. The van der Waals surface area contributed by atoms with Crippen LogP contribution in [-0.2, 0) is 16.1 Å². The van der Waals surface area contributed by atoms with E-state index in [1.165, 1.54) is 7.11 Å². The molecule has 1 saturated heterocycles. The fourth-order valence-electron chi connectivity index (χ4n) is 4.96. The zero-order valence-electron chi connectivity index (χ0n) is 21.6. The molecule has 1 amide bonds. The zero-order chi connectivity index (χ0) is 26.7. The topological polar surface area (TPSA) is 111 Å². The third-order valence-corrected chi connectivity index (χ3v) is 6.97. The van der Waals surface area contributed by atoms with Gasteiger partial charge in [-0.25, -0.2) is 4.79 Å². The maximum Gasteiger partial charge on any atom is 0.337 e. The van der Waals surface area contributed by atoms with E-state index in [9.17, 15) is 9.59 Å². The van der Waals surface area contributed by atoms with Crippen molar-refractivity contribution in [1.29, 1.82) is 0 Å². The van der Waals surface area contributed by atoms with Gasteiger partial charge in [-0.15, -0.1) is 10.0 Å². The summed E-state index contributed by atoms with van der Waals surface area (Å²) in [5.41, 5.74) is 7.23. The average Bonchev–Trinajstić information content (AvgIpc) is 3.31. The van der Waals surface area contributed by atoms with Crippen LogP contribution in [0, 0.1) is 5.92 Å². The van der Waals surface area contributed by atoms with E-state index in [1.807, 2.05) is 36.5 Å². The average molecular weight is 517 g/mol. The fraction of sp³-hybridized carbons (Fsp3) is 0.286. The Morgan fingerprint density at radius 2 is 1.95 bits per heavy atom. The van der Waals surface area contributed by atoms with Crippen LogP contribution in [0.3, 0.4) is 0 Å². The molecule has 2 atom stereocenters. The molecule has 5 rings (SSSR count). The predicted molar refractivity (Wildman–Crippen MR) is 141 cm³/mol. The number of fused-ring (bicyclic) bond motifs is 1. The molecule has 1 fully saturated rings. The second-order valence-electron chi connectivity index (χ2n) is 9.07. The van der Waals surface area contributed by atoms with Gasteiger partial charge in [0.25, 0.3) is 5.84 Å². The molecule has 0 saturated carbocycles. The number of aliphatic imine (C=N–C) groups is 2. The Morgan fingerprint density at radius 1 is 1.13 bits per heavy atom. The number of piperidine rings is 1. The van der Waals surface area contributed by atoms with Gasteiger partial charge < -0.3 is 19.5 Å². The minimum atomic E-state index is -0.415. The Kier molecular flexibility index (Phi) is 7.08. The van der Waals surface area contributed by atoms with Gasteiger partial charge >= 0.3 is 5.97 Å². The Balaban J connectivity index is 1.58. The van der Waals surface area contributed by atoms with Crippen molar-refractivity contribution in [2.45, 2.75) is 19.4 Å². The Labute approximate surface area is 220 Å². The van der Waals surface area contributed by atoms with Gasteiger partial charge in [-0.2, -0.15) is 4.99 Å². The van der Waals surface area contributed by atoms with E-state index in [0.717, 1.165) is 23.2 Å². The predicted octanol–water partition coefficient (Wildman–Crippen LogP) is 3.07. The number of quaternary nitrogens is 1. The summed E-state index contributed by atoms with van der Waals surface area (Å²) in [7, 11) is 4.58. The van der Waals surface area contributed by atoms with Crippen molar-refractivity contribution in [1.82, 2.24) is 10.7 Å². The summed E-state index contributed by atoms with van der Waals surface area (Å²) in [5, 5.41) is 2.97. The number of allylic oxidation sites excluding steroid dienone is 1. The Bertz CT molecular complexity index is 1380. The summed E-state index contributed by atoms with van der Waals surface area (Å²) in [6.45, 7) is 1.07. The Hall–Kier alpha value is -4.28. The summed E-state index contributed by atoms with van der Waals surface area (Å²) in [6, 6.07) is 12.7. The van der Waals surface area contributed by atoms with Crippen molar-refractivity contribution < 1.29 is 28.4 Å². The van der Waals surface area contributed by atoms with Crippen molar-refractivity contribution in [3.05, 3.63) is 82.9 Å². The van der Waals surface area contributed by atoms with Crippen molar-refractivity contribution in [2.24, 2.45) is 15.9 Å². The lowest BCUT2D eigenvalue weighted by molar-refractivity contribution is -0.791. The third-order valence-electron chi connectivity index (χ3n) is 6.97. The number of amides is 1. The standard InChI is InChI=1S/C28H29N5O5/c1-36-21-11-10-20(24(15-21)37-2)16-31-33-14-13-29-17-23(33)25(22-5-4-12-30-27(22)34)32-26(33)18-6-8-19(9-7-18)28(35)38-3/h6-11,13-15,17,22,31H,4-5,12,16H2,1-3H3/p+1. The van der Waals surface area contributed by atoms with Crippen molar-refractivity contribution >= 4 is 23.9 Å². The number of methoxy groups -OCH3 is 3. The van der Waals surface area contributed by atoms with Gasteiger partial charge in [0.15, 0.2) is 0 Å². The van der Waals surface area contributed by atoms with Crippen LogP contribution >= 0.6 is 0 Å². The second kappa shape index (κ2) is 10.6. The largest absolute Gasteiger partial charge is 0.497 e. The maximum absolute atomic E-state index is 12.9. The zero-order valence-corrected chi connectivity index (χ0v) is 21.6. The molecule has 2 unspecified atom stereocenters. The number of amidine groups is 1. The molecule has 0 spiro atoms. The van der Waals surface area contributed by atoms with Crippen LogP contribution in [-0.4, -0.2) is 56.4 Å². The molecule has 196 valence electrons. The van der Waals surface area contributed by atoms with Crippen LogP contribution in [0.4, 0.5) is 0 Å². The molecule has 0 radical (unpaired) electrons. The smallest absolute Gasteiger partial charge is 0.337 e. The molecule has 2 aromatic rings. The first kappa shape index (κ1) is 25.4. The first-order chi connectivity index (χ1) is 18.5. The molecular weight excluding hydrogens is 486 g/mol. The highest BCUT2D eigenvalue weighted by Crippen LogP contribution is 2.38. The number of nitrogens with one attached hydrogen (secondary N) is 2. The molecule has 0 bridgehead atoms. The number of carbonyl (C=O) groups excluding carboxylic acids is 2. The lowest BCUT2D eigenvalue weighted by Crippen LogP contribution is -2.56. The van der Waals surface area contributed by atoms with E-state index in [-0.39, 0.29) is 10.5 Å². The number of rotatable bonds is 8. The molecule has 2 aromatic carbocycles. The molecule has 2 N–H and O–H groups in total. The van der Waals surface area contributed by atoms with Gasteiger partial charge in [-0.1, -0.05) is 6.07 Å². The number of carbonyl (C=O) groups is 2. The first-order valence-electron chi connectivity index (χ1n) is 12.4. The minimum absolute atomic E-state index is 0.0392. The van der Waals surface area contributed by atoms with Crippen LogP contribution in [0.25, 0.3) is 0 Å². The molecule has 10 heteroatoms. The van der Waals surface area contributed by atoms with Crippen LogP contribution < -0.4 is 20.2 Å². The highest BCUT2D eigenvalue weighted by Gasteiger charge is 2.49. The van der Waals surface area contributed by atoms with E-state index < -0.39 is 11.9 Å². The van der Waals surface area contributed by atoms with Crippen molar-refractivity contribution in [3.8, 4) is 11.5 Å². The Morgan fingerprint density at radius 3 is 2.66 bits per heavy atom.